The van der Waals surface area contributed by atoms with Crippen LogP contribution in [0.25, 0.3) is 16.9 Å². The van der Waals surface area contributed by atoms with Crippen molar-refractivity contribution in [3.63, 3.8) is 0 Å². The number of nitrogens with one attached hydrogen (secondary N) is 1. The summed E-state index contributed by atoms with van der Waals surface area (Å²) in [7, 11) is 0. The Kier molecular flexibility index (Phi) is 5.22. The number of β-amino-alcohol motifs (C(OH)–C–C–N with tert-alkyl or cyclic N) is 1. The number of benzene rings is 2. The lowest BCUT2D eigenvalue weighted by Gasteiger charge is -2.14. The Morgan fingerprint density at radius 1 is 1.06 bits per heavy atom. The third-order valence-electron chi connectivity index (χ3n) is 5.32. The Balaban J connectivity index is 1.43. The van der Waals surface area contributed by atoms with Crippen LogP contribution in [0.1, 0.15) is 10.5 Å². The van der Waals surface area contributed by atoms with Crippen LogP contribution in [0.2, 0.25) is 0 Å². The highest BCUT2D eigenvalue weighted by Gasteiger charge is 2.30. The maximum absolute atomic E-state index is 12.3. The smallest absolute Gasteiger partial charge is 0.356 e. The van der Waals surface area contributed by atoms with Gasteiger partial charge in [-0.3, -0.25) is 14.5 Å². The molecule has 11 nitrogen and oxygen atoms in total. The molecule has 2 aromatic carbocycles. The minimum Gasteiger partial charge on any atom is -0.476 e. The number of anilines is 1. The predicted molar refractivity (Wildman–Crippen MR) is 118 cm³/mol. The second-order valence-electron chi connectivity index (χ2n) is 7.45. The van der Waals surface area contributed by atoms with E-state index in [0.717, 1.165) is 4.90 Å². The van der Waals surface area contributed by atoms with Gasteiger partial charge in [-0.15, -0.1) is 0 Å². The van der Waals surface area contributed by atoms with Gasteiger partial charge in [0.15, 0.2) is 17.2 Å². The topological polar surface area (TPSA) is 143 Å². The van der Waals surface area contributed by atoms with Gasteiger partial charge in [-0.2, -0.15) is 5.10 Å². The number of carbonyl (C=O) groups is 3. The van der Waals surface area contributed by atoms with Crippen molar-refractivity contribution in [1.82, 2.24) is 14.7 Å². The highest BCUT2D eigenvalue weighted by Crippen LogP contribution is 2.36. The van der Waals surface area contributed by atoms with Crippen LogP contribution < -0.4 is 14.8 Å². The molecule has 2 aliphatic rings. The number of carboxylic acids is 1. The molecule has 2 amide bonds. The number of carbonyl (C=O) groups excluding carboxylic acids is 2. The molecule has 5 rings (SSSR count). The molecule has 1 aromatic heterocycles. The van der Waals surface area contributed by atoms with Gasteiger partial charge < -0.3 is 25.0 Å². The summed E-state index contributed by atoms with van der Waals surface area (Å²) < 4.78 is 12.3. The summed E-state index contributed by atoms with van der Waals surface area (Å²) in [4.78, 5) is 36.8. The molecule has 172 valence electrons. The highest BCUT2D eigenvalue weighted by molar-refractivity contribution is 6.17. The summed E-state index contributed by atoms with van der Waals surface area (Å²) >= 11 is 0. The molecule has 3 heterocycles. The van der Waals surface area contributed by atoms with Crippen molar-refractivity contribution in [1.29, 1.82) is 0 Å². The van der Waals surface area contributed by atoms with E-state index in [0.29, 0.717) is 34.1 Å². The van der Waals surface area contributed by atoms with Crippen LogP contribution in [-0.4, -0.2) is 62.6 Å². The predicted octanol–water partition coefficient (Wildman–Crippen LogP) is 1.62. The fraction of sp³-hybridized carbons (Fsp3) is 0.130. The number of aromatic carboxylic acids is 1. The third kappa shape index (κ3) is 3.73. The zero-order valence-electron chi connectivity index (χ0n) is 17.6. The number of imide groups is 1. The molecule has 0 saturated carbocycles. The number of hydrogen-bond acceptors (Lipinski definition) is 8. The summed E-state index contributed by atoms with van der Waals surface area (Å²) in [6.45, 7) is -0.275. The largest absolute Gasteiger partial charge is 0.476 e. The average Bonchev–Trinajstić information content (AvgIpc) is 3.54. The van der Waals surface area contributed by atoms with Crippen molar-refractivity contribution in [3.05, 3.63) is 66.0 Å². The molecule has 0 radical (unpaired) electrons. The van der Waals surface area contributed by atoms with Gasteiger partial charge in [0.2, 0.25) is 6.79 Å². The van der Waals surface area contributed by atoms with Crippen LogP contribution in [-0.2, 0) is 9.59 Å². The van der Waals surface area contributed by atoms with Crippen molar-refractivity contribution < 1.29 is 34.1 Å². The Bertz CT molecular complexity index is 1340. The molecule has 3 N–H and O–H groups in total. The number of ether oxygens (including phenoxy) is 2. The SMILES string of the molecule is O=C(O)c1cc(-c2ccc3c(c2)OCO3)n(-c2ccc(NC3=CC(=O)N(CCO)C3=O)cc2)n1. The van der Waals surface area contributed by atoms with E-state index in [9.17, 15) is 19.5 Å². The third-order valence-corrected chi connectivity index (χ3v) is 5.32. The van der Waals surface area contributed by atoms with Gasteiger partial charge >= 0.3 is 5.97 Å². The normalized spacial score (nSPS) is 14.5. The standard InChI is InChI=1S/C23H18N4O7/c28-8-7-26-21(29)11-16(22(26)30)24-14-2-4-15(5-3-14)27-18(10-17(25-27)23(31)32)13-1-6-19-20(9-13)34-12-33-19/h1-6,9-11,24,28H,7-8,12H2,(H,31,32). The van der Waals surface area contributed by atoms with Crippen LogP contribution in [0.15, 0.2) is 60.3 Å². The first-order chi connectivity index (χ1) is 16.4. The Morgan fingerprint density at radius 3 is 2.56 bits per heavy atom. The quantitative estimate of drug-likeness (QED) is 0.446. The maximum Gasteiger partial charge on any atom is 0.356 e. The van der Waals surface area contributed by atoms with Crippen molar-refractivity contribution in [2.24, 2.45) is 0 Å². The van der Waals surface area contributed by atoms with Gasteiger partial charge in [0.1, 0.15) is 5.70 Å². The molecule has 0 unspecified atom stereocenters. The second kappa shape index (κ2) is 8.37. The van der Waals surface area contributed by atoms with E-state index in [-0.39, 0.29) is 31.3 Å². The van der Waals surface area contributed by atoms with Crippen LogP contribution in [0.4, 0.5) is 5.69 Å². The Labute approximate surface area is 192 Å². The molecule has 0 bridgehead atoms. The number of rotatable bonds is 7. The highest BCUT2D eigenvalue weighted by atomic mass is 16.7. The summed E-state index contributed by atoms with van der Waals surface area (Å²) in [5, 5.41) is 25.6. The Morgan fingerprint density at radius 2 is 1.82 bits per heavy atom. The molecule has 0 fully saturated rings. The Hall–Kier alpha value is -4.64. The van der Waals surface area contributed by atoms with E-state index >= 15 is 0 Å². The lowest BCUT2D eigenvalue weighted by atomic mass is 10.1. The summed E-state index contributed by atoms with van der Waals surface area (Å²) in [6, 6.07) is 13.5. The molecule has 0 atom stereocenters. The zero-order valence-corrected chi connectivity index (χ0v) is 17.6. The number of carboxylic acid groups (broad SMARTS) is 1. The fourth-order valence-electron chi connectivity index (χ4n) is 3.70. The molecule has 2 aliphatic heterocycles. The van der Waals surface area contributed by atoms with E-state index in [1.165, 1.54) is 16.8 Å². The van der Waals surface area contributed by atoms with Gasteiger partial charge in [0.25, 0.3) is 11.8 Å². The first-order valence-electron chi connectivity index (χ1n) is 10.2. The molecule has 0 aliphatic carbocycles. The van der Waals surface area contributed by atoms with Crippen LogP contribution >= 0.6 is 0 Å². The molecule has 0 saturated heterocycles. The summed E-state index contributed by atoms with van der Waals surface area (Å²) in [6.07, 6.45) is 1.18. The minimum atomic E-state index is -1.16. The number of amides is 2. The van der Waals surface area contributed by atoms with Crippen molar-refractivity contribution in [2.45, 2.75) is 0 Å². The van der Waals surface area contributed by atoms with Crippen LogP contribution in [0.3, 0.4) is 0 Å². The van der Waals surface area contributed by atoms with Gasteiger partial charge in [-0.1, -0.05) is 0 Å². The van der Waals surface area contributed by atoms with E-state index in [1.54, 1.807) is 42.5 Å². The van der Waals surface area contributed by atoms with Crippen molar-refractivity contribution in [3.8, 4) is 28.4 Å². The van der Waals surface area contributed by atoms with E-state index < -0.39 is 17.8 Å². The average molecular weight is 462 g/mol. The first kappa shape index (κ1) is 21.2. The lowest BCUT2D eigenvalue weighted by Crippen LogP contribution is -2.34. The molecule has 3 aromatic rings. The molecular weight excluding hydrogens is 444 g/mol. The van der Waals surface area contributed by atoms with Crippen molar-refractivity contribution in [2.75, 3.05) is 25.3 Å². The van der Waals surface area contributed by atoms with E-state index in [4.69, 9.17) is 14.6 Å². The summed E-state index contributed by atoms with van der Waals surface area (Å²) in [5.74, 6) is -1.02. The summed E-state index contributed by atoms with van der Waals surface area (Å²) in [5.41, 5.74) is 2.32. The monoisotopic (exact) mass is 462 g/mol. The lowest BCUT2D eigenvalue weighted by molar-refractivity contribution is -0.137. The van der Waals surface area contributed by atoms with Gasteiger partial charge in [-0.05, 0) is 48.5 Å². The van der Waals surface area contributed by atoms with Crippen LogP contribution in [0.5, 0.6) is 11.5 Å². The van der Waals surface area contributed by atoms with E-state index in [2.05, 4.69) is 10.4 Å². The second-order valence-corrected chi connectivity index (χ2v) is 7.45. The number of aliphatic hydroxyl groups excluding tert-OH is 1. The van der Waals surface area contributed by atoms with E-state index in [1.807, 2.05) is 0 Å². The number of fused-ring (bicyclic) bond motifs is 1. The maximum atomic E-state index is 12.3. The molecular formula is C23H18N4O7. The number of aromatic nitrogens is 2. The number of hydrogen-bond donors (Lipinski definition) is 3. The van der Waals surface area contributed by atoms with Crippen LogP contribution in [0, 0.1) is 0 Å². The molecule has 11 heteroatoms. The number of aliphatic hydroxyl groups is 1. The zero-order chi connectivity index (χ0) is 23.8. The number of nitrogens with zero attached hydrogens (tertiary/aromatic N) is 3. The fourth-order valence-corrected chi connectivity index (χ4v) is 3.70. The van der Waals surface area contributed by atoms with Gasteiger partial charge in [0, 0.05) is 17.3 Å². The first-order valence-corrected chi connectivity index (χ1v) is 10.2. The van der Waals surface area contributed by atoms with Crippen molar-refractivity contribution >= 4 is 23.5 Å². The molecule has 34 heavy (non-hydrogen) atoms. The van der Waals surface area contributed by atoms with Gasteiger partial charge in [0.05, 0.1) is 24.5 Å². The molecule has 0 spiro atoms. The van der Waals surface area contributed by atoms with Gasteiger partial charge in [-0.25, -0.2) is 9.48 Å². The minimum absolute atomic E-state index is 0.0773.